The van der Waals surface area contributed by atoms with E-state index in [9.17, 15) is 4.79 Å². The summed E-state index contributed by atoms with van der Waals surface area (Å²) < 4.78 is 6.44. The Morgan fingerprint density at radius 2 is 2.12 bits per heavy atom. The molecule has 1 fully saturated rings. The predicted octanol–water partition coefficient (Wildman–Crippen LogP) is 4.93. The second-order valence-corrected chi connectivity index (χ2v) is 10.1. The van der Waals surface area contributed by atoms with Crippen LogP contribution in [0.5, 0.6) is 0 Å². The van der Waals surface area contributed by atoms with Gasteiger partial charge in [0.1, 0.15) is 0 Å². The number of carbonyl (C=O) groups is 1. The van der Waals surface area contributed by atoms with Gasteiger partial charge in [-0.05, 0) is 50.6 Å². The highest BCUT2D eigenvalue weighted by Gasteiger charge is 2.26. The average molecular weight is 515 g/mol. The number of nitrogens with one attached hydrogen (secondary N) is 1. The summed E-state index contributed by atoms with van der Waals surface area (Å²) in [4.78, 5) is 20.7. The van der Waals surface area contributed by atoms with Gasteiger partial charge in [0, 0.05) is 33.8 Å². The van der Waals surface area contributed by atoms with E-state index in [0.29, 0.717) is 31.3 Å². The van der Waals surface area contributed by atoms with Gasteiger partial charge >= 0.3 is 0 Å². The topological polar surface area (TPSA) is 71.3 Å². The highest BCUT2D eigenvalue weighted by Crippen LogP contribution is 2.23. The molecule has 0 bridgehead atoms. The fraction of sp³-hybridized carbons (Fsp3) is 0.375. The number of likely N-dealkylation sites (tertiary alicyclic amines) is 1. The van der Waals surface area contributed by atoms with Gasteiger partial charge in [-0.25, -0.2) is 0 Å². The molecule has 1 aliphatic heterocycles. The molecule has 1 N–H and O–H groups in total. The second-order valence-electron chi connectivity index (χ2n) is 8.05. The molecule has 0 spiro atoms. The quantitative estimate of drug-likeness (QED) is 0.339. The van der Waals surface area contributed by atoms with Crippen LogP contribution < -0.4 is 5.32 Å². The lowest BCUT2D eigenvalue weighted by Crippen LogP contribution is -2.43. The third-order valence-electron chi connectivity index (χ3n) is 5.48. The zero-order chi connectivity index (χ0) is 22.3. The van der Waals surface area contributed by atoms with Crippen LogP contribution >= 0.6 is 27.7 Å². The van der Waals surface area contributed by atoms with Gasteiger partial charge in [-0.15, -0.1) is 11.8 Å². The van der Waals surface area contributed by atoms with Crippen LogP contribution in [0.3, 0.4) is 0 Å². The lowest BCUT2D eigenvalue weighted by molar-refractivity contribution is -0.126. The summed E-state index contributed by atoms with van der Waals surface area (Å²) in [6.45, 7) is 4.97. The number of amides is 1. The Balaban J connectivity index is 1.23. The van der Waals surface area contributed by atoms with E-state index in [2.05, 4.69) is 67.5 Å². The molecule has 1 amide bonds. The minimum atomic E-state index is 0.000551. The molecular weight excluding hydrogens is 488 g/mol. The molecule has 1 unspecified atom stereocenters. The molecule has 168 valence electrons. The second kappa shape index (κ2) is 11.1. The fourth-order valence-electron chi connectivity index (χ4n) is 3.79. The third-order valence-corrected chi connectivity index (χ3v) is 6.98. The Morgan fingerprint density at radius 3 is 2.94 bits per heavy atom. The summed E-state index contributed by atoms with van der Waals surface area (Å²) >= 11 is 5.23. The summed E-state index contributed by atoms with van der Waals surface area (Å²) in [6, 6.07) is 16.3. The molecule has 1 atom stereocenters. The van der Waals surface area contributed by atoms with Gasteiger partial charge in [-0.3, -0.25) is 9.69 Å². The molecule has 32 heavy (non-hydrogen) atoms. The van der Waals surface area contributed by atoms with Gasteiger partial charge in [-0.2, -0.15) is 4.98 Å². The van der Waals surface area contributed by atoms with Crippen molar-refractivity contribution in [2.45, 2.75) is 31.2 Å². The first-order valence-electron chi connectivity index (χ1n) is 10.8. The maximum atomic E-state index is 12.7. The van der Waals surface area contributed by atoms with E-state index >= 15 is 0 Å². The van der Waals surface area contributed by atoms with Gasteiger partial charge in [0.25, 0.3) is 0 Å². The largest absolute Gasteiger partial charge is 0.355 e. The number of hydrogen-bond donors (Lipinski definition) is 1. The number of nitrogens with zero attached hydrogens (tertiary/aromatic N) is 3. The zero-order valence-electron chi connectivity index (χ0n) is 18.1. The van der Waals surface area contributed by atoms with Crippen molar-refractivity contribution in [3.05, 3.63) is 64.5 Å². The van der Waals surface area contributed by atoms with Crippen molar-refractivity contribution < 1.29 is 9.32 Å². The molecule has 8 heteroatoms. The maximum Gasteiger partial charge on any atom is 0.241 e. The highest BCUT2D eigenvalue weighted by atomic mass is 79.9. The first-order chi connectivity index (χ1) is 15.6. The maximum absolute atomic E-state index is 12.7. The summed E-state index contributed by atoms with van der Waals surface area (Å²) in [5, 5.41) is 7.22. The first-order valence-corrected chi connectivity index (χ1v) is 12.6. The molecule has 4 rings (SSSR count). The Labute approximate surface area is 201 Å². The van der Waals surface area contributed by atoms with Crippen LogP contribution in [0, 0.1) is 12.8 Å². The minimum absolute atomic E-state index is 0.000551. The molecule has 6 nitrogen and oxygen atoms in total. The first kappa shape index (κ1) is 23.0. The van der Waals surface area contributed by atoms with Gasteiger partial charge < -0.3 is 9.84 Å². The lowest BCUT2D eigenvalue weighted by Gasteiger charge is -2.30. The van der Waals surface area contributed by atoms with E-state index < -0.39 is 0 Å². The molecule has 1 saturated heterocycles. The summed E-state index contributed by atoms with van der Waals surface area (Å²) in [5.41, 5.74) is 2.17. The molecule has 2 heterocycles. The van der Waals surface area contributed by atoms with E-state index in [1.165, 1.54) is 10.5 Å². The Kier molecular flexibility index (Phi) is 8.00. The molecule has 1 aliphatic rings. The monoisotopic (exact) mass is 514 g/mol. The van der Waals surface area contributed by atoms with Crippen LogP contribution in [0.1, 0.15) is 24.3 Å². The molecule has 0 aliphatic carbocycles. The van der Waals surface area contributed by atoms with Crippen molar-refractivity contribution in [1.82, 2.24) is 20.4 Å². The molecule has 1 aromatic heterocycles. The van der Waals surface area contributed by atoms with Gasteiger partial charge in [0.05, 0.1) is 12.5 Å². The number of carbonyl (C=O) groups excluding carboxylic acids is 1. The Morgan fingerprint density at radius 1 is 1.28 bits per heavy atom. The average Bonchev–Trinajstić information content (AvgIpc) is 3.26. The third kappa shape index (κ3) is 6.43. The van der Waals surface area contributed by atoms with Crippen molar-refractivity contribution in [2.75, 3.05) is 25.4 Å². The van der Waals surface area contributed by atoms with Crippen LogP contribution in [0.2, 0.25) is 0 Å². The number of benzene rings is 2. The molecule has 0 saturated carbocycles. The van der Waals surface area contributed by atoms with Gasteiger partial charge in [0.2, 0.25) is 17.6 Å². The van der Waals surface area contributed by atoms with Crippen LogP contribution in [-0.2, 0) is 11.3 Å². The van der Waals surface area contributed by atoms with Crippen molar-refractivity contribution in [1.29, 1.82) is 0 Å². The van der Waals surface area contributed by atoms with Crippen LogP contribution in [-0.4, -0.2) is 46.3 Å². The SMILES string of the molecule is Cc1ccc(SCCNC(=O)C2CCCN(Cc3nc(-c4cccc(Br)c4)no3)C2)cc1. The molecule has 2 aromatic carbocycles. The number of piperidine rings is 1. The van der Waals surface area contributed by atoms with Gasteiger partial charge in [-0.1, -0.05) is 50.9 Å². The smallest absolute Gasteiger partial charge is 0.241 e. The van der Waals surface area contributed by atoms with Crippen LogP contribution in [0.15, 0.2) is 62.4 Å². The normalized spacial score (nSPS) is 16.8. The molecular formula is C24H27BrN4O2S. The highest BCUT2D eigenvalue weighted by molar-refractivity contribution is 9.10. The number of thioether (sulfide) groups is 1. The lowest BCUT2D eigenvalue weighted by atomic mass is 9.97. The number of rotatable bonds is 8. The number of halogens is 1. The van der Waals surface area contributed by atoms with Crippen molar-refractivity contribution in [3.8, 4) is 11.4 Å². The van der Waals surface area contributed by atoms with Gasteiger partial charge in [0.15, 0.2) is 0 Å². The van der Waals surface area contributed by atoms with E-state index in [0.717, 1.165) is 35.2 Å². The number of hydrogen-bond acceptors (Lipinski definition) is 6. The number of aryl methyl sites for hydroxylation is 1. The summed E-state index contributed by atoms with van der Waals surface area (Å²) in [5.74, 6) is 2.17. The van der Waals surface area contributed by atoms with Crippen molar-refractivity contribution >= 4 is 33.6 Å². The Hall–Kier alpha value is -2.16. The van der Waals surface area contributed by atoms with E-state index in [1.807, 2.05) is 24.3 Å². The standard InChI is InChI=1S/C24H27BrN4O2S/c1-17-7-9-21(10-8-17)32-13-11-26-24(30)19-5-3-12-29(15-19)16-22-27-23(28-31-22)18-4-2-6-20(25)14-18/h2,4,6-10,14,19H,3,5,11-13,15-16H2,1H3,(H,26,30). The van der Waals surface area contributed by atoms with E-state index in [1.54, 1.807) is 11.8 Å². The van der Waals surface area contributed by atoms with E-state index in [4.69, 9.17) is 4.52 Å². The minimum Gasteiger partial charge on any atom is -0.355 e. The van der Waals surface area contributed by atoms with Crippen LogP contribution in [0.4, 0.5) is 0 Å². The summed E-state index contributed by atoms with van der Waals surface area (Å²) in [7, 11) is 0. The Bertz CT molecular complexity index is 1040. The van der Waals surface area contributed by atoms with Crippen molar-refractivity contribution in [2.24, 2.45) is 5.92 Å². The van der Waals surface area contributed by atoms with Crippen molar-refractivity contribution in [3.63, 3.8) is 0 Å². The zero-order valence-corrected chi connectivity index (χ0v) is 20.5. The van der Waals surface area contributed by atoms with Crippen LogP contribution in [0.25, 0.3) is 11.4 Å². The molecule has 3 aromatic rings. The van der Waals surface area contributed by atoms with E-state index in [-0.39, 0.29) is 11.8 Å². The number of aromatic nitrogens is 2. The fourth-order valence-corrected chi connectivity index (χ4v) is 4.96. The summed E-state index contributed by atoms with van der Waals surface area (Å²) in [6.07, 6.45) is 1.91. The predicted molar refractivity (Wildman–Crippen MR) is 130 cm³/mol. The molecule has 0 radical (unpaired) electrons.